The first kappa shape index (κ1) is 14.7. The second kappa shape index (κ2) is 5.71. The minimum atomic E-state index is -0.860. The number of hydrogen-bond donors (Lipinski definition) is 2. The summed E-state index contributed by atoms with van der Waals surface area (Å²) in [4.78, 5) is 24.9. The monoisotopic (exact) mass is 296 g/mol. The van der Waals surface area contributed by atoms with E-state index in [0.717, 1.165) is 5.56 Å². The third kappa shape index (κ3) is 2.72. The topological polar surface area (TPSA) is 69.6 Å². The number of hydrogen-bond acceptors (Lipinski definition) is 2. The SMILES string of the molecule is Cc1cccc(Cl)c1NC(=O)N1CCC(C(=O)O)C1C. The number of likely N-dealkylation sites (tertiary alicyclic amines) is 1. The van der Waals surface area contributed by atoms with Gasteiger partial charge in [-0.1, -0.05) is 23.7 Å². The zero-order valence-corrected chi connectivity index (χ0v) is 12.1. The van der Waals surface area contributed by atoms with Crippen LogP contribution in [-0.2, 0) is 4.79 Å². The van der Waals surface area contributed by atoms with Crippen LogP contribution < -0.4 is 5.32 Å². The van der Waals surface area contributed by atoms with Gasteiger partial charge in [-0.3, -0.25) is 4.79 Å². The van der Waals surface area contributed by atoms with Crippen molar-refractivity contribution in [2.45, 2.75) is 26.3 Å². The summed E-state index contributed by atoms with van der Waals surface area (Å²) in [5.41, 5.74) is 1.44. The van der Waals surface area contributed by atoms with Gasteiger partial charge < -0.3 is 15.3 Å². The van der Waals surface area contributed by atoms with Crippen LogP contribution in [0.2, 0.25) is 5.02 Å². The van der Waals surface area contributed by atoms with Gasteiger partial charge in [0.1, 0.15) is 0 Å². The molecule has 1 aliphatic heterocycles. The summed E-state index contributed by atoms with van der Waals surface area (Å²) in [6, 6.07) is 4.74. The first-order valence-corrected chi connectivity index (χ1v) is 6.85. The van der Waals surface area contributed by atoms with Crippen molar-refractivity contribution in [3.63, 3.8) is 0 Å². The molecule has 1 aromatic rings. The molecule has 20 heavy (non-hydrogen) atoms. The lowest BCUT2D eigenvalue weighted by Gasteiger charge is -2.24. The molecule has 0 bridgehead atoms. The molecule has 108 valence electrons. The van der Waals surface area contributed by atoms with Gasteiger partial charge in [0.05, 0.1) is 16.6 Å². The fourth-order valence-corrected chi connectivity index (χ4v) is 2.79. The molecular weight excluding hydrogens is 280 g/mol. The maximum Gasteiger partial charge on any atom is 0.322 e. The zero-order valence-electron chi connectivity index (χ0n) is 11.4. The number of anilines is 1. The molecule has 2 atom stereocenters. The predicted octanol–water partition coefficient (Wildman–Crippen LogP) is 2.98. The highest BCUT2D eigenvalue weighted by atomic mass is 35.5. The molecule has 2 rings (SSSR count). The lowest BCUT2D eigenvalue weighted by molar-refractivity contribution is -0.142. The third-order valence-corrected chi connectivity index (χ3v) is 4.10. The number of amides is 2. The van der Waals surface area contributed by atoms with Crippen molar-refractivity contribution in [2.75, 3.05) is 11.9 Å². The van der Waals surface area contributed by atoms with E-state index < -0.39 is 11.9 Å². The molecule has 1 saturated heterocycles. The average Bonchev–Trinajstić information content (AvgIpc) is 2.76. The van der Waals surface area contributed by atoms with Gasteiger partial charge in [-0.25, -0.2) is 4.79 Å². The number of halogens is 1. The van der Waals surface area contributed by atoms with Crippen LogP contribution in [-0.4, -0.2) is 34.6 Å². The molecule has 1 heterocycles. The van der Waals surface area contributed by atoms with Crippen molar-refractivity contribution in [1.82, 2.24) is 4.90 Å². The Balaban J connectivity index is 2.12. The van der Waals surface area contributed by atoms with Crippen LogP contribution in [0.4, 0.5) is 10.5 Å². The Morgan fingerprint density at radius 3 is 2.70 bits per heavy atom. The van der Waals surface area contributed by atoms with Crippen LogP contribution in [0.5, 0.6) is 0 Å². The van der Waals surface area contributed by atoms with E-state index in [2.05, 4.69) is 5.32 Å². The smallest absolute Gasteiger partial charge is 0.322 e. The van der Waals surface area contributed by atoms with Gasteiger partial charge in [0.2, 0.25) is 0 Å². The normalized spacial score (nSPS) is 21.9. The minimum absolute atomic E-state index is 0.308. The number of aryl methyl sites for hydroxylation is 1. The Kier molecular flexibility index (Phi) is 4.18. The number of rotatable bonds is 2. The summed E-state index contributed by atoms with van der Waals surface area (Å²) >= 11 is 6.07. The van der Waals surface area contributed by atoms with Crippen LogP contribution in [0.1, 0.15) is 18.9 Å². The van der Waals surface area contributed by atoms with Crippen molar-refractivity contribution in [1.29, 1.82) is 0 Å². The summed E-state index contributed by atoms with van der Waals surface area (Å²) in [5, 5.41) is 12.3. The number of aliphatic carboxylic acids is 1. The summed E-state index contributed by atoms with van der Waals surface area (Å²) in [6.07, 6.45) is 0.478. The van der Waals surface area contributed by atoms with Crippen LogP contribution in [0.15, 0.2) is 18.2 Å². The number of nitrogens with one attached hydrogen (secondary N) is 1. The van der Waals surface area contributed by atoms with Gasteiger partial charge in [0.15, 0.2) is 0 Å². The quantitative estimate of drug-likeness (QED) is 0.881. The number of nitrogens with zero attached hydrogens (tertiary/aromatic N) is 1. The molecule has 1 fully saturated rings. The van der Waals surface area contributed by atoms with E-state index in [0.29, 0.717) is 23.7 Å². The molecule has 0 saturated carbocycles. The van der Waals surface area contributed by atoms with Crippen LogP contribution in [0.3, 0.4) is 0 Å². The highest BCUT2D eigenvalue weighted by Gasteiger charge is 2.38. The fraction of sp³-hybridized carbons (Fsp3) is 0.429. The maximum absolute atomic E-state index is 12.3. The molecule has 1 aromatic carbocycles. The standard InChI is InChI=1S/C14H17ClN2O3/c1-8-4-3-5-11(15)12(8)16-14(20)17-7-6-10(9(17)2)13(18)19/h3-5,9-10H,6-7H2,1-2H3,(H,16,20)(H,18,19). The number of benzene rings is 1. The van der Waals surface area contributed by atoms with Gasteiger partial charge in [-0.2, -0.15) is 0 Å². The number of para-hydroxylation sites is 1. The number of urea groups is 1. The number of carbonyl (C=O) groups is 2. The fourth-order valence-electron chi connectivity index (χ4n) is 2.53. The van der Waals surface area contributed by atoms with Crippen molar-refractivity contribution in [3.8, 4) is 0 Å². The summed E-state index contributed by atoms with van der Waals surface area (Å²) in [7, 11) is 0. The highest BCUT2D eigenvalue weighted by Crippen LogP contribution is 2.28. The Morgan fingerprint density at radius 1 is 1.45 bits per heavy atom. The average molecular weight is 297 g/mol. The Bertz CT molecular complexity index is 527. The van der Waals surface area contributed by atoms with E-state index in [1.165, 1.54) is 0 Å². The van der Waals surface area contributed by atoms with Gasteiger partial charge in [0.25, 0.3) is 0 Å². The second-order valence-electron chi connectivity index (χ2n) is 5.03. The van der Waals surface area contributed by atoms with E-state index in [1.54, 1.807) is 17.9 Å². The number of carboxylic acids is 1. The van der Waals surface area contributed by atoms with Crippen molar-refractivity contribution in [3.05, 3.63) is 28.8 Å². The lowest BCUT2D eigenvalue weighted by atomic mass is 10.0. The molecule has 1 aliphatic rings. The van der Waals surface area contributed by atoms with Gasteiger partial charge in [-0.15, -0.1) is 0 Å². The predicted molar refractivity (Wildman–Crippen MR) is 77.1 cm³/mol. The van der Waals surface area contributed by atoms with Gasteiger partial charge in [0, 0.05) is 12.6 Å². The van der Waals surface area contributed by atoms with E-state index in [-0.39, 0.29) is 12.1 Å². The number of carboxylic acid groups (broad SMARTS) is 1. The third-order valence-electron chi connectivity index (χ3n) is 3.79. The highest BCUT2D eigenvalue weighted by molar-refractivity contribution is 6.33. The summed E-state index contributed by atoms with van der Waals surface area (Å²) in [5.74, 6) is -1.37. The molecule has 5 nitrogen and oxygen atoms in total. The molecular formula is C14H17ClN2O3. The van der Waals surface area contributed by atoms with Crippen molar-refractivity contribution >= 4 is 29.3 Å². The molecule has 0 aliphatic carbocycles. The van der Waals surface area contributed by atoms with E-state index >= 15 is 0 Å². The molecule has 2 amide bonds. The zero-order chi connectivity index (χ0) is 14.9. The number of carbonyl (C=O) groups excluding carboxylic acids is 1. The molecule has 0 aromatic heterocycles. The molecule has 0 spiro atoms. The Hall–Kier alpha value is -1.75. The first-order valence-electron chi connectivity index (χ1n) is 6.47. The van der Waals surface area contributed by atoms with Gasteiger partial charge in [-0.05, 0) is 31.9 Å². The summed E-state index contributed by atoms with van der Waals surface area (Å²) < 4.78 is 0. The largest absolute Gasteiger partial charge is 0.481 e. The van der Waals surface area contributed by atoms with Crippen LogP contribution in [0.25, 0.3) is 0 Å². The van der Waals surface area contributed by atoms with E-state index in [1.807, 2.05) is 19.1 Å². The molecule has 2 N–H and O–H groups in total. The van der Waals surface area contributed by atoms with E-state index in [9.17, 15) is 9.59 Å². The molecule has 6 heteroatoms. The Morgan fingerprint density at radius 2 is 2.15 bits per heavy atom. The summed E-state index contributed by atoms with van der Waals surface area (Å²) in [6.45, 7) is 4.05. The van der Waals surface area contributed by atoms with Crippen LogP contribution in [0, 0.1) is 12.8 Å². The lowest BCUT2D eigenvalue weighted by Crippen LogP contribution is -2.40. The van der Waals surface area contributed by atoms with Gasteiger partial charge >= 0.3 is 12.0 Å². The Labute approximate surface area is 122 Å². The first-order chi connectivity index (χ1) is 9.41. The van der Waals surface area contributed by atoms with Crippen LogP contribution >= 0.6 is 11.6 Å². The second-order valence-corrected chi connectivity index (χ2v) is 5.44. The van der Waals surface area contributed by atoms with Crippen molar-refractivity contribution in [2.24, 2.45) is 5.92 Å². The molecule has 2 unspecified atom stereocenters. The van der Waals surface area contributed by atoms with E-state index in [4.69, 9.17) is 16.7 Å². The van der Waals surface area contributed by atoms with Crippen molar-refractivity contribution < 1.29 is 14.7 Å². The molecule has 0 radical (unpaired) electrons. The minimum Gasteiger partial charge on any atom is -0.481 e. The maximum atomic E-state index is 12.3.